The third kappa shape index (κ3) is 3.52. The molecule has 0 aliphatic heterocycles. The lowest BCUT2D eigenvalue weighted by atomic mass is 9.82. The lowest BCUT2D eigenvalue weighted by Gasteiger charge is -2.29. The van der Waals surface area contributed by atoms with E-state index in [2.05, 4.69) is 25.9 Å². The summed E-state index contributed by atoms with van der Waals surface area (Å²) in [6, 6.07) is 3.34. The zero-order valence-electron chi connectivity index (χ0n) is 14.2. The molecule has 2 aromatic rings. The average Bonchev–Trinajstić information content (AvgIpc) is 3.07. The lowest BCUT2D eigenvalue weighted by molar-refractivity contribution is -0.124. The van der Waals surface area contributed by atoms with Crippen molar-refractivity contribution in [1.82, 2.24) is 25.9 Å². The number of hydrogen-bond acceptors (Lipinski definition) is 4. The minimum Gasteiger partial charge on any atom is -0.342 e. The molecule has 2 atom stereocenters. The van der Waals surface area contributed by atoms with E-state index >= 15 is 0 Å². The van der Waals surface area contributed by atoms with Gasteiger partial charge in [-0.15, -0.1) is 10.2 Å². The average molecular weight is 400 g/mol. The molecule has 1 aromatic carbocycles. The maximum Gasteiger partial charge on any atom is 0.248 e. The molecule has 6 nitrogen and oxygen atoms in total. The Morgan fingerprint density at radius 2 is 2.04 bits per heavy atom. The molecule has 0 saturated heterocycles. The predicted molar refractivity (Wildman–Crippen MR) is 89.5 cm³/mol. The van der Waals surface area contributed by atoms with Crippen molar-refractivity contribution < 1.29 is 18.0 Å². The van der Waals surface area contributed by atoms with Crippen molar-refractivity contribution in [3.05, 3.63) is 40.4 Å². The van der Waals surface area contributed by atoms with Gasteiger partial charge in [0.2, 0.25) is 17.7 Å². The fraction of sp³-hybridized carbons (Fsp3) is 0.529. The topological polar surface area (TPSA) is 83.6 Å². The van der Waals surface area contributed by atoms with Gasteiger partial charge in [-0.2, -0.15) is 5.21 Å². The maximum atomic E-state index is 13.9. The third-order valence-electron chi connectivity index (χ3n) is 5.67. The maximum absolute atomic E-state index is 13.9. The molecule has 1 amide bonds. The molecule has 1 spiro atoms. The molecular weight excluding hydrogens is 383 g/mol. The molecule has 1 aromatic heterocycles. The van der Waals surface area contributed by atoms with Gasteiger partial charge in [0.15, 0.2) is 0 Å². The van der Waals surface area contributed by atoms with E-state index in [0.29, 0.717) is 24.8 Å². The highest BCUT2D eigenvalue weighted by atomic mass is 35.5. The summed E-state index contributed by atoms with van der Waals surface area (Å²) in [5, 5.41) is 16.3. The van der Waals surface area contributed by atoms with E-state index in [1.54, 1.807) is 6.07 Å². The van der Waals surface area contributed by atoms with Crippen LogP contribution in [0.4, 0.5) is 13.2 Å². The van der Waals surface area contributed by atoms with Crippen LogP contribution in [0.25, 0.3) is 0 Å². The number of carbonyl (C=O) groups excluding carboxylic acids is 1. The summed E-state index contributed by atoms with van der Waals surface area (Å²) in [6.07, 6.45) is 0.880. The van der Waals surface area contributed by atoms with E-state index < -0.39 is 17.8 Å². The van der Waals surface area contributed by atoms with Gasteiger partial charge in [-0.25, -0.2) is 13.2 Å². The van der Waals surface area contributed by atoms with E-state index in [4.69, 9.17) is 11.6 Å². The summed E-state index contributed by atoms with van der Waals surface area (Å²) in [5.41, 5.74) is 0.0651. The number of alkyl halides is 2. The standard InChI is InChI=1S/C17H17ClF3N5O/c18-11-2-1-9(7-12(11)19)13(14-23-25-26-24-14)22-15(27)10-8-16(10)3-5-17(20,21)6-4-16/h1-2,7,10,13H,3-6,8H2,(H,22,27)(H,23,24,25,26). The Morgan fingerprint density at radius 3 is 2.67 bits per heavy atom. The molecule has 2 N–H and O–H groups in total. The number of H-pyrrole nitrogens is 1. The Hall–Kier alpha value is -2.16. The van der Waals surface area contributed by atoms with E-state index in [1.165, 1.54) is 12.1 Å². The fourth-order valence-electron chi connectivity index (χ4n) is 3.91. The number of amides is 1. The second-order valence-corrected chi connectivity index (χ2v) is 7.77. The van der Waals surface area contributed by atoms with Gasteiger partial charge < -0.3 is 5.32 Å². The first-order chi connectivity index (χ1) is 12.8. The SMILES string of the molecule is O=C(NC(c1ccc(Cl)c(F)c1)c1nn[nH]n1)C1CC12CCC(F)(F)CC2. The predicted octanol–water partition coefficient (Wildman–Crippen LogP) is 3.41. The number of rotatable bonds is 4. The van der Waals surface area contributed by atoms with Crippen LogP contribution in [-0.4, -0.2) is 32.5 Å². The van der Waals surface area contributed by atoms with Gasteiger partial charge in [-0.1, -0.05) is 22.9 Å². The van der Waals surface area contributed by atoms with Crippen LogP contribution in [0, 0.1) is 17.2 Å². The first-order valence-corrected chi connectivity index (χ1v) is 9.04. The summed E-state index contributed by atoms with van der Waals surface area (Å²) in [6.45, 7) is 0. The van der Waals surface area contributed by atoms with Gasteiger partial charge >= 0.3 is 0 Å². The van der Waals surface area contributed by atoms with Gasteiger partial charge in [0.25, 0.3) is 0 Å². The highest BCUT2D eigenvalue weighted by Crippen LogP contribution is 2.63. The summed E-state index contributed by atoms with van der Waals surface area (Å²) < 4.78 is 40.7. The van der Waals surface area contributed by atoms with Gasteiger partial charge in [0.05, 0.1) is 5.02 Å². The van der Waals surface area contributed by atoms with Crippen molar-refractivity contribution in [3.8, 4) is 0 Å². The number of hydrogen-bond donors (Lipinski definition) is 2. The summed E-state index contributed by atoms with van der Waals surface area (Å²) in [4.78, 5) is 12.8. The van der Waals surface area contributed by atoms with Gasteiger partial charge in [0, 0.05) is 18.8 Å². The number of nitrogens with zero attached hydrogens (tertiary/aromatic N) is 3. The number of halogens is 4. The minimum atomic E-state index is -2.64. The molecule has 2 unspecified atom stereocenters. The Morgan fingerprint density at radius 1 is 1.30 bits per heavy atom. The van der Waals surface area contributed by atoms with Crippen LogP contribution in [0.1, 0.15) is 49.5 Å². The van der Waals surface area contributed by atoms with E-state index in [1.807, 2.05) is 0 Å². The summed E-state index contributed by atoms with van der Waals surface area (Å²) in [5.74, 6) is -3.70. The summed E-state index contributed by atoms with van der Waals surface area (Å²) in [7, 11) is 0. The van der Waals surface area contributed by atoms with Crippen molar-refractivity contribution in [3.63, 3.8) is 0 Å². The Balaban J connectivity index is 1.51. The number of aromatic amines is 1. The van der Waals surface area contributed by atoms with Crippen LogP contribution in [0.3, 0.4) is 0 Å². The molecule has 2 fully saturated rings. The highest BCUT2D eigenvalue weighted by molar-refractivity contribution is 6.30. The molecule has 27 heavy (non-hydrogen) atoms. The van der Waals surface area contributed by atoms with Crippen molar-refractivity contribution in [2.45, 2.75) is 44.1 Å². The zero-order chi connectivity index (χ0) is 19.2. The van der Waals surface area contributed by atoms with Gasteiger partial charge in [-0.05, 0) is 42.4 Å². The second-order valence-electron chi connectivity index (χ2n) is 7.36. The van der Waals surface area contributed by atoms with Crippen molar-refractivity contribution >= 4 is 17.5 Å². The number of carbonyl (C=O) groups is 1. The van der Waals surface area contributed by atoms with Crippen LogP contribution in [0.2, 0.25) is 5.02 Å². The highest BCUT2D eigenvalue weighted by Gasteiger charge is 2.61. The van der Waals surface area contributed by atoms with Crippen LogP contribution in [-0.2, 0) is 4.79 Å². The normalized spacial score (nSPS) is 23.8. The second kappa shape index (κ2) is 6.47. The van der Waals surface area contributed by atoms with Crippen LogP contribution in [0.5, 0.6) is 0 Å². The Bertz CT molecular complexity index is 850. The molecule has 0 radical (unpaired) electrons. The molecule has 10 heteroatoms. The largest absolute Gasteiger partial charge is 0.342 e. The van der Waals surface area contributed by atoms with Crippen LogP contribution < -0.4 is 5.32 Å². The third-order valence-corrected chi connectivity index (χ3v) is 5.97. The molecule has 1 heterocycles. The van der Waals surface area contributed by atoms with Crippen LogP contribution in [0.15, 0.2) is 18.2 Å². The number of nitrogens with one attached hydrogen (secondary N) is 2. The first kappa shape index (κ1) is 18.2. The lowest BCUT2D eigenvalue weighted by Crippen LogP contribution is -2.34. The van der Waals surface area contributed by atoms with Crippen LogP contribution >= 0.6 is 11.6 Å². The first-order valence-electron chi connectivity index (χ1n) is 8.66. The molecule has 144 valence electrons. The van der Waals surface area contributed by atoms with E-state index in [9.17, 15) is 18.0 Å². The van der Waals surface area contributed by atoms with Gasteiger partial charge in [0.1, 0.15) is 11.9 Å². The van der Waals surface area contributed by atoms with E-state index in [-0.39, 0.29) is 40.9 Å². The Labute approximate surface area is 157 Å². The monoisotopic (exact) mass is 399 g/mol. The summed E-state index contributed by atoms with van der Waals surface area (Å²) >= 11 is 5.72. The molecule has 2 aliphatic rings. The minimum absolute atomic E-state index is 0.0405. The van der Waals surface area contributed by atoms with E-state index in [0.717, 1.165) is 0 Å². The number of aromatic nitrogens is 4. The Kier molecular flexibility index (Phi) is 4.37. The quantitative estimate of drug-likeness (QED) is 0.825. The fourth-order valence-corrected chi connectivity index (χ4v) is 4.03. The zero-order valence-corrected chi connectivity index (χ0v) is 14.9. The van der Waals surface area contributed by atoms with Gasteiger partial charge in [-0.3, -0.25) is 4.79 Å². The van der Waals surface area contributed by atoms with Crippen molar-refractivity contribution in [1.29, 1.82) is 0 Å². The van der Waals surface area contributed by atoms with Crippen molar-refractivity contribution in [2.75, 3.05) is 0 Å². The van der Waals surface area contributed by atoms with Crippen molar-refractivity contribution in [2.24, 2.45) is 11.3 Å². The molecule has 0 bridgehead atoms. The molecule has 2 saturated carbocycles. The molecule has 4 rings (SSSR count). The smallest absolute Gasteiger partial charge is 0.248 e. The number of tetrazole rings is 1. The number of benzene rings is 1. The molecular formula is C17H17ClF3N5O. The molecule has 2 aliphatic carbocycles.